The van der Waals surface area contributed by atoms with E-state index in [1.165, 1.54) is 0 Å². The molecular weight excluding hydrogens is 280 g/mol. The fourth-order valence-corrected chi connectivity index (χ4v) is 3.23. The monoisotopic (exact) mass is 306 g/mol. The maximum Gasteiger partial charge on any atom is 0.0881 e. The van der Waals surface area contributed by atoms with Gasteiger partial charge < -0.3 is 9.84 Å². The van der Waals surface area contributed by atoms with E-state index in [4.69, 9.17) is 4.74 Å². The average molecular weight is 306 g/mol. The molecule has 0 aliphatic carbocycles. The summed E-state index contributed by atoms with van der Waals surface area (Å²) in [6.45, 7) is 4.22. The summed E-state index contributed by atoms with van der Waals surface area (Å²) in [5, 5.41) is 10.5. The van der Waals surface area contributed by atoms with Crippen molar-refractivity contribution in [3.63, 3.8) is 0 Å². The second kappa shape index (κ2) is 10.5. The lowest BCUT2D eigenvalue weighted by atomic mass is 10.1. The SMILES string of the molecule is CCCC=CC(O)C(Sc1ccccc1)C(=COC)CC. The molecule has 1 rings (SSSR count). The molecule has 3 heteroatoms. The van der Waals surface area contributed by atoms with Gasteiger partial charge in [-0.1, -0.05) is 50.6 Å². The van der Waals surface area contributed by atoms with Crippen LogP contribution in [0.25, 0.3) is 0 Å². The summed E-state index contributed by atoms with van der Waals surface area (Å²) in [5.41, 5.74) is 1.11. The van der Waals surface area contributed by atoms with Gasteiger partial charge >= 0.3 is 0 Å². The summed E-state index contributed by atoms with van der Waals surface area (Å²) < 4.78 is 5.18. The van der Waals surface area contributed by atoms with Gasteiger partial charge in [-0.15, -0.1) is 11.8 Å². The van der Waals surface area contributed by atoms with Gasteiger partial charge in [0.15, 0.2) is 0 Å². The summed E-state index contributed by atoms with van der Waals surface area (Å²) >= 11 is 1.68. The summed E-state index contributed by atoms with van der Waals surface area (Å²) in [5.74, 6) is 0. The minimum Gasteiger partial charge on any atom is -0.504 e. The zero-order chi connectivity index (χ0) is 15.5. The van der Waals surface area contributed by atoms with Gasteiger partial charge in [-0.25, -0.2) is 0 Å². The Hall–Kier alpha value is -1.19. The molecule has 1 aromatic rings. The lowest BCUT2D eigenvalue weighted by Crippen LogP contribution is -2.23. The Morgan fingerprint density at radius 1 is 1.29 bits per heavy atom. The Morgan fingerprint density at radius 2 is 2.00 bits per heavy atom. The zero-order valence-electron chi connectivity index (χ0n) is 13.2. The highest BCUT2D eigenvalue weighted by Gasteiger charge is 2.22. The maximum atomic E-state index is 10.5. The van der Waals surface area contributed by atoms with Crippen LogP contribution in [0.15, 0.2) is 59.2 Å². The molecule has 1 N–H and O–H groups in total. The minimum absolute atomic E-state index is 0.0227. The molecule has 0 saturated heterocycles. The molecule has 21 heavy (non-hydrogen) atoms. The highest BCUT2D eigenvalue weighted by Crippen LogP contribution is 2.32. The zero-order valence-corrected chi connectivity index (χ0v) is 14.0. The first-order valence-electron chi connectivity index (χ1n) is 7.51. The van der Waals surface area contributed by atoms with Crippen molar-refractivity contribution in [3.8, 4) is 0 Å². The fourth-order valence-electron chi connectivity index (χ4n) is 2.02. The van der Waals surface area contributed by atoms with Crippen molar-refractivity contribution < 1.29 is 9.84 Å². The Balaban J connectivity index is 2.90. The summed E-state index contributed by atoms with van der Waals surface area (Å²) in [6.07, 6.45) is 8.16. The number of methoxy groups -OCH3 is 1. The largest absolute Gasteiger partial charge is 0.504 e. The minimum atomic E-state index is -0.511. The second-order valence-electron chi connectivity index (χ2n) is 4.84. The van der Waals surface area contributed by atoms with Gasteiger partial charge in [0.25, 0.3) is 0 Å². The number of allylic oxidation sites excluding steroid dienone is 1. The van der Waals surface area contributed by atoms with E-state index < -0.39 is 6.10 Å². The Labute approximate surface area is 132 Å². The molecule has 2 nitrogen and oxygen atoms in total. The van der Waals surface area contributed by atoms with Gasteiger partial charge in [0.1, 0.15) is 0 Å². The van der Waals surface area contributed by atoms with Gasteiger partial charge in [-0.05, 0) is 30.5 Å². The van der Waals surface area contributed by atoms with E-state index in [-0.39, 0.29) is 5.25 Å². The van der Waals surface area contributed by atoms with Crippen LogP contribution in [-0.4, -0.2) is 23.6 Å². The van der Waals surface area contributed by atoms with E-state index >= 15 is 0 Å². The average Bonchev–Trinajstić information content (AvgIpc) is 2.52. The van der Waals surface area contributed by atoms with Crippen LogP contribution in [0.3, 0.4) is 0 Å². The summed E-state index contributed by atoms with van der Waals surface area (Å²) in [7, 11) is 1.65. The van der Waals surface area contributed by atoms with Crippen molar-refractivity contribution >= 4 is 11.8 Å². The van der Waals surface area contributed by atoms with Crippen LogP contribution in [0, 0.1) is 0 Å². The van der Waals surface area contributed by atoms with Gasteiger partial charge in [-0.3, -0.25) is 0 Å². The molecular formula is C18H26O2S. The lowest BCUT2D eigenvalue weighted by molar-refractivity contribution is 0.224. The molecule has 0 aromatic heterocycles. The molecule has 2 atom stereocenters. The van der Waals surface area contributed by atoms with Crippen LogP contribution in [0.5, 0.6) is 0 Å². The third-order valence-electron chi connectivity index (χ3n) is 3.15. The van der Waals surface area contributed by atoms with Crippen molar-refractivity contribution in [2.45, 2.75) is 49.4 Å². The lowest BCUT2D eigenvalue weighted by Gasteiger charge is -2.22. The Bertz CT molecular complexity index is 440. The second-order valence-corrected chi connectivity index (χ2v) is 6.06. The van der Waals surface area contributed by atoms with E-state index in [0.717, 1.165) is 29.7 Å². The molecule has 0 amide bonds. The van der Waals surface area contributed by atoms with Crippen LogP contribution in [0.2, 0.25) is 0 Å². The van der Waals surface area contributed by atoms with Crippen molar-refractivity contribution in [3.05, 3.63) is 54.3 Å². The van der Waals surface area contributed by atoms with Gasteiger partial charge in [0.05, 0.1) is 24.7 Å². The quantitative estimate of drug-likeness (QED) is 0.403. The third kappa shape index (κ3) is 6.40. The van der Waals surface area contributed by atoms with Crippen LogP contribution >= 0.6 is 11.8 Å². The maximum absolute atomic E-state index is 10.5. The van der Waals surface area contributed by atoms with E-state index in [2.05, 4.69) is 32.1 Å². The normalized spacial score (nSPS) is 15.1. The first-order valence-corrected chi connectivity index (χ1v) is 8.39. The molecule has 2 unspecified atom stereocenters. The van der Waals surface area contributed by atoms with Crippen LogP contribution in [0.4, 0.5) is 0 Å². The number of aliphatic hydroxyl groups is 1. The van der Waals surface area contributed by atoms with E-state index in [0.29, 0.717) is 0 Å². The third-order valence-corrected chi connectivity index (χ3v) is 4.53. The number of aliphatic hydroxyl groups excluding tert-OH is 1. The standard InChI is InChI=1S/C18H26O2S/c1-4-6-8-13-17(19)18(15(5-2)14-20-3)21-16-11-9-7-10-12-16/h7-14,17-19H,4-6H2,1-3H3. The predicted molar refractivity (Wildman–Crippen MR) is 91.5 cm³/mol. The van der Waals surface area contributed by atoms with Crippen LogP contribution < -0.4 is 0 Å². The highest BCUT2D eigenvalue weighted by atomic mass is 32.2. The number of unbranched alkanes of at least 4 members (excludes halogenated alkanes) is 1. The number of hydrogen-bond acceptors (Lipinski definition) is 3. The number of benzene rings is 1. The van der Waals surface area contributed by atoms with E-state index in [1.807, 2.05) is 24.3 Å². The van der Waals surface area contributed by atoms with Crippen molar-refractivity contribution in [1.29, 1.82) is 0 Å². The fraction of sp³-hybridized carbons (Fsp3) is 0.444. The smallest absolute Gasteiger partial charge is 0.0881 e. The first kappa shape index (κ1) is 17.9. The van der Waals surface area contributed by atoms with Gasteiger partial charge in [0.2, 0.25) is 0 Å². The molecule has 0 aliphatic heterocycles. The molecule has 0 heterocycles. The number of hydrogen-bond donors (Lipinski definition) is 1. The van der Waals surface area contributed by atoms with Gasteiger partial charge in [-0.2, -0.15) is 0 Å². The molecule has 0 saturated carbocycles. The number of ether oxygens (including phenoxy) is 1. The van der Waals surface area contributed by atoms with Gasteiger partial charge in [0, 0.05) is 4.90 Å². The Kier molecular flexibility index (Phi) is 8.95. The van der Waals surface area contributed by atoms with E-state index in [1.54, 1.807) is 25.1 Å². The van der Waals surface area contributed by atoms with Crippen molar-refractivity contribution in [2.75, 3.05) is 7.11 Å². The van der Waals surface area contributed by atoms with Crippen LogP contribution in [0.1, 0.15) is 33.1 Å². The summed E-state index contributed by atoms with van der Waals surface area (Å²) in [6, 6.07) is 10.2. The predicted octanol–water partition coefficient (Wildman–Crippen LogP) is 4.80. The van der Waals surface area contributed by atoms with Crippen LogP contribution in [-0.2, 0) is 4.74 Å². The van der Waals surface area contributed by atoms with Crippen molar-refractivity contribution in [1.82, 2.24) is 0 Å². The molecule has 116 valence electrons. The Morgan fingerprint density at radius 3 is 2.57 bits per heavy atom. The molecule has 0 spiro atoms. The van der Waals surface area contributed by atoms with E-state index in [9.17, 15) is 5.11 Å². The summed E-state index contributed by atoms with van der Waals surface area (Å²) in [4.78, 5) is 1.15. The van der Waals surface area contributed by atoms with Crippen molar-refractivity contribution in [2.24, 2.45) is 0 Å². The molecule has 0 bridgehead atoms. The molecule has 0 radical (unpaired) electrons. The molecule has 1 aromatic carbocycles. The first-order chi connectivity index (χ1) is 10.2. The highest BCUT2D eigenvalue weighted by molar-refractivity contribution is 8.00. The molecule has 0 fully saturated rings. The molecule has 0 aliphatic rings. The number of rotatable bonds is 9. The topological polar surface area (TPSA) is 29.5 Å². The number of thioether (sulfide) groups is 1.